The number of halogens is 1. The normalized spacial score (nSPS) is 37.0. The van der Waals surface area contributed by atoms with E-state index in [2.05, 4.69) is 21.2 Å². The second kappa shape index (κ2) is 7.67. The highest BCUT2D eigenvalue weighted by atomic mass is 79.9. The number of likely N-dealkylation sites (tertiary alicyclic amines) is 1. The first-order chi connectivity index (χ1) is 12.8. The van der Waals surface area contributed by atoms with Gasteiger partial charge in [-0.05, 0) is 33.6 Å². The van der Waals surface area contributed by atoms with Gasteiger partial charge in [-0.15, -0.1) is 0 Å². The molecule has 3 aliphatic rings. The molecular weight excluding hydrogens is 420 g/mol. The number of nitrogens with zero attached hydrogens (tertiary/aromatic N) is 1. The number of ether oxygens (including phenoxy) is 2. The highest BCUT2D eigenvalue weighted by Crippen LogP contribution is 2.60. The zero-order valence-electron chi connectivity index (χ0n) is 15.8. The van der Waals surface area contributed by atoms with Gasteiger partial charge in [0.25, 0.3) is 0 Å². The standard InChI is InChI=1S/C18H27BrN2O6/c1-4-26-17(25)11-12-16(24)21(6-5-7-22)14(15(23)20-9(2)3)18(12)8-10(19)13(11)27-18/h9-14,22H,4-8H2,1-3H3,(H,20,23)/t10?,11-,12+,13-,14-,18+/m0/s1. The van der Waals surface area contributed by atoms with Gasteiger partial charge in [0.15, 0.2) is 0 Å². The lowest BCUT2D eigenvalue weighted by Gasteiger charge is -2.34. The predicted molar refractivity (Wildman–Crippen MR) is 99.0 cm³/mol. The molecule has 27 heavy (non-hydrogen) atoms. The van der Waals surface area contributed by atoms with Crippen LogP contribution in [0.4, 0.5) is 0 Å². The molecule has 0 aromatic carbocycles. The average molecular weight is 447 g/mol. The molecule has 3 saturated heterocycles. The molecule has 0 aromatic rings. The number of nitrogens with one attached hydrogen (secondary N) is 1. The molecule has 3 aliphatic heterocycles. The van der Waals surface area contributed by atoms with Gasteiger partial charge >= 0.3 is 5.97 Å². The van der Waals surface area contributed by atoms with E-state index < -0.39 is 35.6 Å². The van der Waals surface area contributed by atoms with Crippen LogP contribution in [0.2, 0.25) is 0 Å². The van der Waals surface area contributed by atoms with Crippen molar-refractivity contribution in [3.63, 3.8) is 0 Å². The van der Waals surface area contributed by atoms with Gasteiger partial charge in [-0.2, -0.15) is 0 Å². The number of esters is 1. The predicted octanol–water partition coefficient (Wildman–Crippen LogP) is 0.205. The summed E-state index contributed by atoms with van der Waals surface area (Å²) in [6, 6.07) is -0.921. The Bertz CT molecular complexity index is 629. The number of aliphatic hydroxyl groups excluding tert-OH is 1. The third-order valence-electron chi connectivity index (χ3n) is 5.58. The minimum Gasteiger partial charge on any atom is -0.466 e. The minimum absolute atomic E-state index is 0.0914. The van der Waals surface area contributed by atoms with E-state index in [9.17, 15) is 19.5 Å². The topological polar surface area (TPSA) is 105 Å². The van der Waals surface area contributed by atoms with Crippen LogP contribution in [0.5, 0.6) is 0 Å². The van der Waals surface area contributed by atoms with Gasteiger partial charge in [-0.1, -0.05) is 15.9 Å². The number of hydrogen-bond donors (Lipinski definition) is 2. The smallest absolute Gasteiger partial charge is 0.312 e. The fraction of sp³-hybridized carbons (Fsp3) is 0.833. The van der Waals surface area contributed by atoms with Crippen molar-refractivity contribution in [2.45, 2.75) is 62.2 Å². The Morgan fingerprint density at radius 3 is 2.78 bits per heavy atom. The molecule has 3 fully saturated rings. The molecule has 1 spiro atoms. The van der Waals surface area contributed by atoms with Crippen LogP contribution in [0, 0.1) is 11.8 Å². The van der Waals surface area contributed by atoms with Crippen LogP contribution in [0.1, 0.15) is 33.6 Å². The number of carbonyl (C=O) groups is 3. The lowest BCUT2D eigenvalue weighted by molar-refractivity contribution is -0.154. The zero-order valence-corrected chi connectivity index (χ0v) is 17.4. The van der Waals surface area contributed by atoms with E-state index in [1.165, 1.54) is 4.90 Å². The Balaban J connectivity index is 2.00. The highest BCUT2D eigenvalue weighted by Gasteiger charge is 2.76. The van der Waals surface area contributed by atoms with Crippen molar-refractivity contribution in [3.05, 3.63) is 0 Å². The summed E-state index contributed by atoms with van der Waals surface area (Å²) in [4.78, 5) is 40.2. The Morgan fingerprint density at radius 1 is 1.48 bits per heavy atom. The number of alkyl halides is 1. The van der Waals surface area contributed by atoms with Crippen molar-refractivity contribution in [1.29, 1.82) is 0 Å². The van der Waals surface area contributed by atoms with Gasteiger partial charge in [0.2, 0.25) is 11.8 Å². The fourth-order valence-electron chi connectivity index (χ4n) is 4.78. The summed E-state index contributed by atoms with van der Waals surface area (Å²) >= 11 is 3.57. The molecule has 0 aromatic heterocycles. The Morgan fingerprint density at radius 2 is 2.19 bits per heavy atom. The summed E-state index contributed by atoms with van der Waals surface area (Å²) in [5.74, 6) is -2.49. The minimum atomic E-state index is -1.05. The maximum absolute atomic E-state index is 13.3. The van der Waals surface area contributed by atoms with Crippen LogP contribution in [-0.4, -0.2) is 76.2 Å². The number of amides is 2. The molecule has 0 aliphatic carbocycles. The summed E-state index contributed by atoms with van der Waals surface area (Å²) in [5, 5.41) is 12.1. The van der Waals surface area contributed by atoms with E-state index in [4.69, 9.17) is 9.47 Å². The first-order valence-corrected chi connectivity index (χ1v) is 10.4. The number of fused-ring (bicyclic) bond motifs is 1. The molecule has 0 saturated carbocycles. The molecule has 2 amide bonds. The summed E-state index contributed by atoms with van der Waals surface area (Å²) in [5.41, 5.74) is -1.05. The van der Waals surface area contributed by atoms with Crippen molar-refractivity contribution in [2.75, 3.05) is 19.8 Å². The second-order valence-corrected chi connectivity index (χ2v) is 8.86. The second-order valence-electron chi connectivity index (χ2n) is 7.69. The molecule has 1 unspecified atom stereocenters. The van der Waals surface area contributed by atoms with Crippen molar-refractivity contribution < 1.29 is 29.0 Å². The quantitative estimate of drug-likeness (QED) is 0.427. The van der Waals surface area contributed by atoms with Crippen LogP contribution in [0.3, 0.4) is 0 Å². The Hall–Kier alpha value is -1.19. The summed E-state index contributed by atoms with van der Waals surface area (Å²) in [7, 11) is 0. The molecule has 152 valence electrons. The lowest BCUT2D eigenvalue weighted by Crippen LogP contribution is -2.56. The number of rotatable bonds is 7. The van der Waals surface area contributed by atoms with Crippen molar-refractivity contribution in [3.8, 4) is 0 Å². The molecule has 8 nitrogen and oxygen atoms in total. The number of aliphatic hydroxyl groups is 1. The number of hydrogen-bond acceptors (Lipinski definition) is 6. The molecule has 3 rings (SSSR count). The van der Waals surface area contributed by atoms with Crippen LogP contribution >= 0.6 is 15.9 Å². The van der Waals surface area contributed by atoms with E-state index in [0.717, 1.165) is 0 Å². The lowest BCUT2D eigenvalue weighted by atomic mass is 9.70. The maximum atomic E-state index is 13.3. The molecule has 2 bridgehead atoms. The van der Waals surface area contributed by atoms with Crippen molar-refractivity contribution in [1.82, 2.24) is 10.2 Å². The fourth-order valence-corrected chi connectivity index (χ4v) is 5.73. The highest BCUT2D eigenvalue weighted by molar-refractivity contribution is 9.09. The number of carbonyl (C=O) groups excluding carboxylic acids is 3. The third-order valence-corrected chi connectivity index (χ3v) is 6.43. The van der Waals surface area contributed by atoms with E-state index in [1.54, 1.807) is 6.92 Å². The van der Waals surface area contributed by atoms with E-state index in [-0.39, 0.29) is 42.4 Å². The van der Waals surface area contributed by atoms with Crippen LogP contribution in [-0.2, 0) is 23.9 Å². The van der Waals surface area contributed by atoms with Gasteiger partial charge in [0, 0.05) is 24.0 Å². The van der Waals surface area contributed by atoms with Gasteiger partial charge in [0.05, 0.1) is 24.5 Å². The molecule has 6 atom stereocenters. The summed E-state index contributed by atoms with van der Waals surface area (Å²) in [6.45, 7) is 5.78. The van der Waals surface area contributed by atoms with Crippen molar-refractivity contribution >= 4 is 33.7 Å². The zero-order chi connectivity index (χ0) is 19.9. The Labute approximate surface area is 167 Å². The van der Waals surface area contributed by atoms with Crippen molar-refractivity contribution in [2.24, 2.45) is 11.8 Å². The molecule has 2 N–H and O–H groups in total. The van der Waals surface area contributed by atoms with E-state index >= 15 is 0 Å². The first-order valence-electron chi connectivity index (χ1n) is 9.48. The van der Waals surface area contributed by atoms with E-state index in [0.29, 0.717) is 12.8 Å². The van der Waals surface area contributed by atoms with Crippen LogP contribution in [0.15, 0.2) is 0 Å². The largest absolute Gasteiger partial charge is 0.466 e. The molecule has 3 heterocycles. The molecule has 0 radical (unpaired) electrons. The van der Waals surface area contributed by atoms with Crippen LogP contribution < -0.4 is 5.32 Å². The van der Waals surface area contributed by atoms with E-state index in [1.807, 2.05) is 13.8 Å². The monoisotopic (exact) mass is 446 g/mol. The summed E-state index contributed by atoms with van der Waals surface area (Å²) in [6.07, 6.45) is 0.327. The van der Waals surface area contributed by atoms with Gasteiger partial charge in [-0.3, -0.25) is 14.4 Å². The summed E-state index contributed by atoms with van der Waals surface area (Å²) < 4.78 is 11.4. The first kappa shape index (κ1) is 20.5. The van der Waals surface area contributed by atoms with Gasteiger partial charge < -0.3 is 24.8 Å². The third kappa shape index (κ3) is 3.17. The van der Waals surface area contributed by atoms with Crippen LogP contribution in [0.25, 0.3) is 0 Å². The maximum Gasteiger partial charge on any atom is 0.312 e. The average Bonchev–Trinajstić information content (AvgIpc) is 3.16. The van der Waals surface area contributed by atoms with Gasteiger partial charge in [0.1, 0.15) is 11.6 Å². The molecular formula is C18H27BrN2O6. The molecule has 9 heteroatoms. The Kier molecular flexibility index (Phi) is 5.84. The SMILES string of the molecule is CCOC(=O)[C@@H]1[C@H]2O[C@@]3(CC2Br)[C@H](C(=O)NC(C)C)N(CCCO)C(=O)[C@@H]13. The van der Waals surface area contributed by atoms with Gasteiger partial charge in [-0.25, -0.2) is 0 Å².